The molecular weight excluding hydrogens is 376 g/mol. The highest BCUT2D eigenvalue weighted by Crippen LogP contribution is 2.30. The lowest BCUT2D eigenvalue weighted by atomic mass is 10.0. The second-order valence-corrected chi connectivity index (χ2v) is 8.27. The zero-order valence-electron chi connectivity index (χ0n) is 16.3. The normalized spacial score (nSPS) is 15.4. The Morgan fingerprint density at radius 3 is 3.00 bits per heavy atom. The van der Waals surface area contributed by atoms with E-state index in [0.717, 1.165) is 43.1 Å². The van der Waals surface area contributed by atoms with Crippen LogP contribution in [0.5, 0.6) is 0 Å². The molecule has 1 amide bonds. The molecule has 9 heteroatoms. The third kappa shape index (κ3) is 3.85. The van der Waals surface area contributed by atoms with Gasteiger partial charge in [-0.2, -0.15) is 5.10 Å². The van der Waals surface area contributed by atoms with E-state index in [1.165, 1.54) is 22.3 Å². The number of aryl methyl sites for hydroxylation is 2. The number of hydrogen-bond acceptors (Lipinski definition) is 7. The molecule has 3 aromatic rings. The van der Waals surface area contributed by atoms with Crippen LogP contribution in [-0.4, -0.2) is 43.3 Å². The first-order chi connectivity index (χ1) is 13.5. The van der Waals surface area contributed by atoms with Gasteiger partial charge in [0.05, 0.1) is 17.8 Å². The highest BCUT2D eigenvalue weighted by molar-refractivity contribution is 7.10. The van der Waals surface area contributed by atoms with Gasteiger partial charge >= 0.3 is 0 Å². The summed E-state index contributed by atoms with van der Waals surface area (Å²) in [5.74, 6) is 0.875. The first-order valence-corrected chi connectivity index (χ1v) is 10.3. The van der Waals surface area contributed by atoms with Gasteiger partial charge in [0.2, 0.25) is 0 Å². The number of hydrogen-bond donors (Lipinski definition) is 1. The van der Waals surface area contributed by atoms with Crippen LogP contribution in [0.15, 0.2) is 22.6 Å². The Bertz CT molecular complexity index is 942. The number of nitrogens with one attached hydrogen (secondary N) is 1. The average molecular weight is 401 g/mol. The van der Waals surface area contributed by atoms with Gasteiger partial charge in [-0.1, -0.05) is 5.16 Å². The number of nitrogens with zero attached hydrogens (tertiary/aromatic N) is 5. The molecule has 0 spiro atoms. The zero-order chi connectivity index (χ0) is 19.7. The molecule has 0 radical (unpaired) electrons. The van der Waals surface area contributed by atoms with E-state index in [0.29, 0.717) is 6.54 Å². The van der Waals surface area contributed by atoms with Crippen molar-refractivity contribution in [2.45, 2.75) is 52.9 Å². The summed E-state index contributed by atoms with van der Waals surface area (Å²) in [4.78, 5) is 20.4. The van der Waals surface area contributed by atoms with E-state index in [4.69, 9.17) is 4.52 Å². The fourth-order valence-electron chi connectivity index (χ4n) is 3.61. The van der Waals surface area contributed by atoms with E-state index in [-0.39, 0.29) is 11.9 Å². The summed E-state index contributed by atoms with van der Waals surface area (Å²) in [6, 6.07) is -0.0237. The summed E-state index contributed by atoms with van der Waals surface area (Å²) in [5, 5.41) is 13.2. The standard InChI is InChI=1S/C19H24N6O2S/c1-12(6-25-11-20-10-21-25)22-19(26)17-9-28-18-8-24(5-4-15(17)18)7-16-13(2)23-27-14(16)3/h9-12H,4-8H2,1-3H3,(H,22,26)/t12-/m1/s1. The Kier molecular flexibility index (Phi) is 5.27. The van der Waals surface area contributed by atoms with E-state index in [2.05, 4.69) is 25.5 Å². The summed E-state index contributed by atoms with van der Waals surface area (Å²) < 4.78 is 7.00. The largest absolute Gasteiger partial charge is 0.361 e. The van der Waals surface area contributed by atoms with Gasteiger partial charge in [0.25, 0.3) is 5.91 Å². The van der Waals surface area contributed by atoms with Crippen LogP contribution < -0.4 is 5.32 Å². The van der Waals surface area contributed by atoms with Crippen molar-refractivity contribution in [3.05, 3.63) is 51.1 Å². The highest BCUT2D eigenvalue weighted by Gasteiger charge is 2.25. The third-order valence-corrected chi connectivity index (χ3v) is 6.15. The number of fused-ring (bicyclic) bond motifs is 1. The van der Waals surface area contributed by atoms with Crippen LogP contribution in [0.25, 0.3) is 0 Å². The first-order valence-electron chi connectivity index (χ1n) is 9.38. The lowest BCUT2D eigenvalue weighted by Gasteiger charge is -2.27. The van der Waals surface area contributed by atoms with E-state index >= 15 is 0 Å². The van der Waals surface area contributed by atoms with Crippen molar-refractivity contribution in [1.82, 2.24) is 30.1 Å². The molecule has 4 rings (SSSR count). The zero-order valence-corrected chi connectivity index (χ0v) is 17.1. The van der Waals surface area contributed by atoms with Gasteiger partial charge in [-0.05, 0) is 32.8 Å². The van der Waals surface area contributed by atoms with Crippen LogP contribution in [0, 0.1) is 13.8 Å². The van der Waals surface area contributed by atoms with Crippen molar-refractivity contribution < 1.29 is 9.32 Å². The summed E-state index contributed by atoms with van der Waals surface area (Å²) in [6.45, 7) is 9.12. The number of thiophene rings is 1. The van der Waals surface area contributed by atoms with Gasteiger partial charge in [-0.25, -0.2) is 4.98 Å². The molecule has 4 heterocycles. The summed E-state index contributed by atoms with van der Waals surface area (Å²) in [5.41, 5.74) is 4.11. The molecule has 1 N–H and O–H groups in total. The fourth-order valence-corrected chi connectivity index (χ4v) is 4.73. The Balaban J connectivity index is 1.40. The number of amides is 1. The predicted octanol–water partition coefficient (Wildman–Crippen LogP) is 2.32. The SMILES string of the molecule is Cc1noc(C)c1CN1CCc2c(C(=O)N[C@H](C)Cn3cncn3)csc2C1. The minimum Gasteiger partial charge on any atom is -0.361 e. The maximum Gasteiger partial charge on any atom is 0.252 e. The maximum atomic E-state index is 12.8. The van der Waals surface area contributed by atoms with Gasteiger partial charge < -0.3 is 9.84 Å². The van der Waals surface area contributed by atoms with Crippen LogP contribution in [0.1, 0.15) is 44.7 Å². The molecule has 0 unspecified atom stereocenters. The number of rotatable bonds is 6. The quantitative estimate of drug-likeness (QED) is 0.683. The summed E-state index contributed by atoms with van der Waals surface area (Å²) in [7, 11) is 0. The first kappa shape index (κ1) is 18.8. The smallest absolute Gasteiger partial charge is 0.252 e. The minimum absolute atomic E-state index is 0.00992. The van der Waals surface area contributed by atoms with Crippen molar-refractivity contribution in [3.63, 3.8) is 0 Å². The Labute approximate surface area is 167 Å². The molecule has 1 aliphatic heterocycles. The molecule has 1 atom stereocenters. The lowest BCUT2D eigenvalue weighted by Crippen LogP contribution is -2.37. The topological polar surface area (TPSA) is 89.1 Å². The monoisotopic (exact) mass is 400 g/mol. The molecule has 0 aromatic carbocycles. The maximum absolute atomic E-state index is 12.8. The van der Waals surface area contributed by atoms with E-state index in [9.17, 15) is 4.79 Å². The van der Waals surface area contributed by atoms with E-state index in [1.807, 2.05) is 26.2 Å². The van der Waals surface area contributed by atoms with Crippen LogP contribution in [0.3, 0.4) is 0 Å². The highest BCUT2D eigenvalue weighted by atomic mass is 32.1. The molecule has 3 aromatic heterocycles. The molecule has 0 saturated carbocycles. The minimum atomic E-state index is -0.0237. The van der Waals surface area contributed by atoms with Gasteiger partial charge in [-0.15, -0.1) is 11.3 Å². The fraction of sp³-hybridized carbons (Fsp3) is 0.474. The van der Waals surface area contributed by atoms with Gasteiger partial charge in [0, 0.05) is 41.5 Å². The van der Waals surface area contributed by atoms with Crippen LogP contribution in [0.2, 0.25) is 0 Å². The van der Waals surface area contributed by atoms with Crippen molar-refractivity contribution in [3.8, 4) is 0 Å². The molecular formula is C19H24N6O2S. The number of aromatic nitrogens is 4. The van der Waals surface area contributed by atoms with E-state index < -0.39 is 0 Å². The van der Waals surface area contributed by atoms with Crippen LogP contribution in [0.4, 0.5) is 0 Å². The van der Waals surface area contributed by atoms with E-state index in [1.54, 1.807) is 22.3 Å². The van der Waals surface area contributed by atoms with Crippen LogP contribution >= 0.6 is 11.3 Å². The Hall–Kier alpha value is -2.52. The van der Waals surface area contributed by atoms with Crippen molar-refractivity contribution in [2.75, 3.05) is 6.54 Å². The molecule has 28 heavy (non-hydrogen) atoms. The number of carbonyl (C=O) groups excluding carboxylic acids is 1. The second kappa shape index (κ2) is 7.84. The Morgan fingerprint density at radius 2 is 2.29 bits per heavy atom. The summed E-state index contributed by atoms with van der Waals surface area (Å²) in [6.07, 6.45) is 4.03. The third-order valence-electron chi connectivity index (χ3n) is 5.14. The molecule has 8 nitrogen and oxygen atoms in total. The van der Waals surface area contributed by atoms with Gasteiger partial charge in [0.1, 0.15) is 18.4 Å². The molecule has 148 valence electrons. The average Bonchev–Trinajstić information content (AvgIpc) is 3.38. The molecule has 0 bridgehead atoms. The predicted molar refractivity (Wildman–Crippen MR) is 105 cm³/mol. The molecule has 0 aliphatic carbocycles. The molecule has 1 aliphatic rings. The van der Waals surface area contributed by atoms with Crippen LogP contribution in [-0.2, 0) is 26.1 Å². The Morgan fingerprint density at radius 1 is 1.43 bits per heavy atom. The van der Waals surface area contributed by atoms with Crippen molar-refractivity contribution >= 4 is 17.2 Å². The van der Waals surface area contributed by atoms with Gasteiger partial charge in [0.15, 0.2) is 0 Å². The lowest BCUT2D eigenvalue weighted by molar-refractivity contribution is 0.0934. The molecule has 0 fully saturated rings. The second-order valence-electron chi connectivity index (χ2n) is 7.31. The van der Waals surface area contributed by atoms with Crippen molar-refractivity contribution in [2.24, 2.45) is 0 Å². The van der Waals surface area contributed by atoms with Gasteiger partial charge in [-0.3, -0.25) is 14.4 Å². The summed E-state index contributed by atoms with van der Waals surface area (Å²) >= 11 is 1.67. The molecule has 0 saturated heterocycles. The van der Waals surface area contributed by atoms with Crippen molar-refractivity contribution in [1.29, 1.82) is 0 Å². The number of carbonyl (C=O) groups is 1.